The first kappa shape index (κ1) is 13.8. The highest BCUT2D eigenvalue weighted by atomic mass is 32.1. The lowest BCUT2D eigenvalue weighted by molar-refractivity contribution is -0.137. The molecule has 0 saturated heterocycles. The van der Waals surface area contributed by atoms with Gasteiger partial charge in [-0.05, 0) is 19.1 Å². The van der Waals surface area contributed by atoms with Gasteiger partial charge in [-0.25, -0.2) is 9.97 Å². The molecular weight excluding hydrogens is 275 g/mol. The third-order valence-corrected chi connectivity index (χ3v) is 3.16. The maximum Gasteiger partial charge on any atom is 0.416 e. The average molecular weight is 287 g/mol. The summed E-state index contributed by atoms with van der Waals surface area (Å²) in [5.74, 6) is 0.240. The number of nitrogens with zero attached hydrogens (tertiary/aromatic N) is 2. The summed E-state index contributed by atoms with van der Waals surface area (Å²) in [5, 5.41) is 5.34. The fourth-order valence-corrected chi connectivity index (χ4v) is 2.24. The number of halogens is 3. The van der Waals surface area contributed by atoms with Crippen molar-refractivity contribution >= 4 is 17.2 Å². The summed E-state index contributed by atoms with van der Waals surface area (Å²) in [6.07, 6.45) is -2.44. The third kappa shape index (κ3) is 3.66. The molecule has 2 heterocycles. The van der Waals surface area contributed by atoms with Crippen LogP contribution in [0.15, 0.2) is 23.7 Å². The van der Waals surface area contributed by atoms with Crippen molar-refractivity contribution in [3.05, 3.63) is 40.0 Å². The molecule has 0 amide bonds. The van der Waals surface area contributed by atoms with Gasteiger partial charge in [0.25, 0.3) is 0 Å². The highest BCUT2D eigenvalue weighted by molar-refractivity contribution is 7.09. The monoisotopic (exact) mass is 287 g/mol. The van der Waals surface area contributed by atoms with Crippen LogP contribution >= 0.6 is 11.3 Å². The molecule has 1 N–H and O–H groups in total. The molecule has 2 rings (SSSR count). The fourth-order valence-electron chi connectivity index (χ4n) is 1.61. The van der Waals surface area contributed by atoms with Crippen LogP contribution in [0.5, 0.6) is 0 Å². The minimum absolute atomic E-state index is 0.240. The van der Waals surface area contributed by atoms with E-state index in [2.05, 4.69) is 15.3 Å². The molecule has 7 heteroatoms. The smallest absolute Gasteiger partial charge is 0.370 e. The molecular formula is C12H12F3N3S. The molecule has 0 unspecified atom stereocenters. The lowest BCUT2D eigenvalue weighted by Gasteiger charge is -2.11. The average Bonchev–Trinajstić information content (AvgIpc) is 2.81. The van der Waals surface area contributed by atoms with Gasteiger partial charge in [0.1, 0.15) is 5.82 Å². The Hall–Kier alpha value is -1.63. The van der Waals surface area contributed by atoms with Crippen LogP contribution < -0.4 is 5.32 Å². The minimum Gasteiger partial charge on any atom is -0.370 e. The lowest BCUT2D eigenvalue weighted by atomic mass is 10.2. The Morgan fingerprint density at radius 2 is 2.11 bits per heavy atom. The molecule has 0 atom stereocenters. The molecule has 2 aromatic heterocycles. The van der Waals surface area contributed by atoms with Crippen molar-refractivity contribution in [3.8, 4) is 0 Å². The lowest BCUT2D eigenvalue weighted by Crippen LogP contribution is -2.10. The van der Waals surface area contributed by atoms with Crippen LogP contribution in [0.2, 0.25) is 0 Å². The van der Waals surface area contributed by atoms with Crippen molar-refractivity contribution in [1.29, 1.82) is 0 Å². The van der Waals surface area contributed by atoms with E-state index in [9.17, 15) is 13.2 Å². The van der Waals surface area contributed by atoms with Crippen LogP contribution in [-0.4, -0.2) is 16.5 Å². The van der Waals surface area contributed by atoms with E-state index in [1.54, 1.807) is 11.6 Å². The Kier molecular flexibility index (Phi) is 4.04. The second kappa shape index (κ2) is 5.56. The van der Waals surface area contributed by atoms with E-state index in [4.69, 9.17) is 0 Å². The Balaban J connectivity index is 2.34. The normalized spacial score (nSPS) is 11.6. The van der Waals surface area contributed by atoms with Crippen LogP contribution in [0.3, 0.4) is 0 Å². The summed E-state index contributed by atoms with van der Waals surface area (Å²) in [5.41, 5.74) is -0.328. The largest absolute Gasteiger partial charge is 0.416 e. The van der Waals surface area contributed by atoms with E-state index in [0.29, 0.717) is 18.7 Å². The number of nitrogens with one attached hydrogen (secondary N) is 1. The van der Waals surface area contributed by atoms with Crippen LogP contribution in [0.1, 0.15) is 23.2 Å². The van der Waals surface area contributed by atoms with Crippen molar-refractivity contribution < 1.29 is 13.2 Å². The van der Waals surface area contributed by atoms with Crippen molar-refractivity contribution in [1.82, 2.24) is 9.97 Å². The first-order chi connectivity index (χ1) is 8.99. The highest BCUT2D eigenvalue weighted by Crippen LogP contribution is 2.31. The number of anilines is 1. The van der Waals surface area contributed by atoms with Crippen molar-refractivity contribution in [2.45, 2.75) is 19.5 Å². The van der Waals surface area contributed by atoms with E-state index in [0.717, 1.165) is 17.1 Å². The molecule has 0 fully saturated rings. The highest BCUT2D eigenvalue weighted by Gasteiger charge is 2.31. The zero-order valence-electron chi connectivity index (χ0n) is 10.2. The summed E-state index contributed by atoms with van der Waals surface area (Å²) >= 11 is 1.40. The molecule has 19 heavy (non-hydrogen) atoms. The van der Waals surface area contributed by atoms with Crippen molar-refractivity contribution in [2.75, 3.05) is 11.9 Å². The first-order valence-electron chi connectivity index (χ1n) is 5.69. The van der Waals surface area contributed by atoms with Gasteiger partial charge in [0.05, 0.1) is 16.3 Å². The van der Waals surface area contributed by atoms with Crippen molar-refractivity contribution in [2.24, 2.45) is 0 Å². The molecule has 0 aromatic carbocycles. The summed E-state index contributed by atoms with van der Waals surface area (Å²) < 4.78 is 38.4. The zero-order chi connectivity index (χ0) is 13.9. The molecule has 2 aromatic rings. The third-order valence-electron chi connectivity index (χ3n) is 2.38. The molecule has 0 aliphatic carbocycles. The molecule has 0 spiro atoms. The second-order valence-electron chi connectivity index (χ2n) is 3.86. The van der Waals surface area contributed by atoms with Gasteiger partial charge in [0.15, 0.2) is 0 Å². The van der Waals surface area contributed by atoms with Gasteiger partial charge in [-0.3, -0.25) is 0 Å². The van der Waals surface area contributed by atoms with Crippen LogP contribution in [0.25, 0.3) is 0 Å². The predicted molar refractivity (Wildman–Crippen MR) is 68.3 cm³/mol. The SMILES string of the molecule is CCNc1cc(C(F)(F)F)cc(Cc2nccs2)n1. The number of aromatic nitrogens is 2. The van der Waals surface area contributed by atoms with Crippen LogP contribution in [0.4, 0.5) is 19.0 Å². The van der Waals surface area contributed by atoms with Gasteiger partial charge in [-0.2, -0.15) is 13.2 Å². The van der Waals surface area contributed by atoms with E-state index >= 15 is 0 Å². The molecule has 0 radical (unpaired) electrons. The number of thiazole rings is 1. The van der Waals surface area contributed by atoms with E-state index < -0.39 is 11.7 Å². The molecule has 102 valence electrons. The Bertz CT molecular complexity index is 538. The predicted octanol–water partition coefficient (Wildman–Crippen LogP) is 3.58. The Labute approximate surface area is 112 Å². The van der Waals surface area contributed by atoms with Gasteiger partial charge < -0.3 is 5.32 Å². The van der Waals surface area contributed by atoms with Gasteiger partial charge in [-0.1, -0.05) is 0 Å². The fraction of sp³-hybridized carbons (Fsp3) is 0.333. The number of hydrogen-bond acceptors (Lipinski definition) is 4. The first-order valence-corrected chi connectivity index (χ1v) is 6.57. The Morgan fingerprint density at radius 3 is 2.68 bits per heavy atom. The van der Waals surface area contributed by atoms with Crippen molar-refractivity contribution in [3.63, 3.8) is 0 Å². The topological polar surface area (TPSA) is 37.8 Å². The molecule has 0 saturated carbocycles. The Morgan fingerprint density at radius 1 is 1.32 bits per heavy atom. The number of alkyl halides is 3. The molecule has 0 aliphatic rings. The van der Waals surface area contributed by atoms with Gasteiger partial charge in [0, 0.05) is 24.5 Å². The molecule has 0 bridgehead atoms. The molecule has 0 aliphatic heterocycles. The van der Waals surface area contributed by atoms with Gasteiger partial charge in [-0.15, -0.1) is 11.3 Å². The maximum atomic E-state index is 12.8. The zero-order valence-corrected chi connectivity index (χ0v) is 11.0. The van der Waals surface area contributed by atoms with Crippen LogP contribution in [-0.2, 0) is 12.6 Å². The quantitative estimate of drug-likeness (QED) is 0.934. The summed E-state index contributed by atoms with van der Waals surface area (Å²) in [7, 11) is 0. The summed E-state index contributed by atoms with van der Waals surface area (Å²) in [6.45, 7) is 2.33. The van der Waals surface area contributed by atoms with E-state index in [1.807, 2.05) is 6.92 Å². The minimum atomic E-state index is -4.37. The summed E-state index contributed by atoms with van der Waals surface area (Å²) in [4.78, 5) is 8.22. The maximum absolute atomic E-state index is 12.8. The van der Waals surface area contributed by atoms with E-state index in [-0.39, 0.29) is 5.82 Å². The second-order valence-corrected chi connectivity index (χ2v) is 4.84. The summed E-state index contributed by atoms with van der Waals surface area (Å²) in [6, 6.07) is 2.09. The standard InChI is InChI=1S/C12H12F3N3S/c1-2-16-10-6-8(12(13,14)15)5-9(18-10)7-11-17-3-4-19-11/h3-6H,2,7H2,1H3,(H,16,18). The van der Waals surface area contributed by atoms with Gasteiger partial charge >= 0.3 is 6.18 Å². The number of rotatable bonds is 4. The van der Waals surface area contributed by atoms with E-state index in [1.165, 1.54) is 11.3 Å². The van der Waals surface area contributed by atoms with Crippen LogP contribution in [0, 0.1) is 0 Å². The number of hydrogen-bond donors (Lipinski definition) is 1. The molecule has 3 nitrogen and oxygen atoms in total. The van der Waals surface area contributed by atoms with Gasteiger partial charge in [0.2, 0.25) is 0 Å². The number of pyridine rings is 1.